The number of rotatable bonds is 3. The van der Waals surface area contributed by atoms with Gasteiger partial charge in [0.15, 0.2) is 0 Å². The number of aryl methyl sites for hydroxylation is 2. The van der Waals surface area contributed by atoms with Crippen molar-refractivity contribution in [2.45, 2.75) is 13.8 Å². The Labute approximate surface area is 298 Å². The van der Waals surface area contributed by atoms with Gasteiger partial charge in [0.05, 0.1) is 0 Å². The Morgan fingerprint density at radius 1 is 0.412 bits per heavy atom. The van der Waals surface area contributed by atoms with Crippen LogP contribution in [-0.2, 0) is 0 Å². The van der Waals surface area contributed by atoms with Crippen LogP contribution in [0.1, 0.15) is 11.1 Å². The van der Waals surface area contributed by atoms with Gasteiger partial charge in [-0.05, 0) is 117 Å². The number of thiophene rings is 1. The quantitative estimate of drug-likeness (QED) is 0.174. The average molecular weight is 670 g/mol. The molecule has 0 radical (unpaired) electrons. The van der Waals surface area contributed by atoms with Crippen molar-refractivity contribution in [2.75, 3.05) is 4.90 Å². The first-order chi connectivity index (χ1) is 25.1. The van der Waals surface area contributed by atoms with Gasteiger partial charge in [0, 0.05) is 53.4 Å². The van der Waals surface area contributed by atoms with E-state index in [1.54, 1.807) is 0 Å². The third-order valence-corrected chi connectivity index (χ3v) is 11.9. The van der Waals surface area contributed by atoms with Crippen molar-refractivity contribution in [3.8, 4) is 0 Å². The smallest absolute Gasteiger partial charge is 0.144 e. The second-order valence-electron chi connectivity index (χ2n) is 13.8. The van der Waals surface area contributed by atoms with Gasteiger partial charge in [0.25, 0.3) is 0 Å². The van der Waals surface area contributed by atoms with Crippen LogP contribution in [0.2, 0.25) is 0 Å². The zero-order chi connectivity index (χ0) is 33.8. The molecule has 2 aromatic heterocycles. The highest BCUT2D eigenvalue weighted by Crippen LogP contribution is 2.51. The second-order valence-corrected chi connectivity index (χ2v) is 14.9. The molecule has 2 heterocycles. The van der Waals surface area contributed by atoms with Crippen LogP contribution in [0.25, 0.3) is 85.2 Å². The van der Waals surface area contributed by atoms with Crippen molar-refractivity contribution >= 4 is 114 Å². The fourth-order valence-electron chi connectivity index (χ4n) is 8.54. The molecule has 9 aromatic carbocycles. The summed E-state index contributed by atoms with van der Waals surface area (Å²) in [7, 11) is 0. The van der Waals surface area contributed by atoms with Crippen molar-refractivity contribution < 1.29 is 4.42 Å². The zero-order valence-corrected chi connectivity index (χ0v) is 29.0. The number of nitrogens with zero attached hydrogens (tertiary/aromatic N) is 1. The molecule has 11 aromatic rings. The molecule has 0 bridgehead atoms. The van der Waals surface area contributed by atoms with Crippen molar-refractivity contribution in [1.29, 1.82) is 0 Å². The summed E-state index contributed by atoms with van der Waals surface area (Å²) in [5, 5.41) is 15.1. The first-order valence-corrected chi connectivity index (χ1v) is 18.3. The Bertz CT molecular complexity index is 3190. The van der Waals surface area contributed by atoms with E-state index in [-0.39, 0.29) is 0 Å². The summed E-state index contributed by atoms with van der Waals surface area (Å²) in [6.45, 7) is 4.30. The third kappa shape index (κ3) is 4.10. The van der Waals surface area contributed by atoms with Crippen LogP contribution in [0.3, 0.4) is 0 Å². The first kappa shape index (κ1) is 28.7. The lowest BCUT2D eigenvalue weighted by Crippen LogP contribution is -2.10. The SMILES string of the molecule is Cc1cccc(N(c2cccc(C)c2)c2ccc3oc4c(ccc5sc6c7c8ccccc8c8ccccc8c7c7ccccc7c6c54)c3c2)c1. The second kappa shape index (κ2) is 10.7. The molecule has 0 N–H and O–H groups in total. The normalized spacial score (nSPS) is 12.1. The zero-order valence-electron chi connectivity index (χ0n) is 28.2. The molecule has 2 nitrogen and oxygen atoms in total. The highest BCUT2D eigenvalue weighted by Gasteiger charge is 2.23. The van der Waals surface area contributed by atoms with Crippen molar-refractivity contribution in [2.24, 2.45) is 0 Å². The summed E-state index contributed by atoms with van der Waals surface area (Å²) in [4.78, 5) is 2.35. The molecule has 0 fully saturated rings. The molecular weight excluding hydrogens is 639 g/mol. The van der Waals surface area contributed by atoms with E-state index in [1.165, 1.54) is 74.4 Å². The number of hydrogen-bond acceptors (Lipinski definition) is 3. The van der Waals surface area contributed by atoms with Crippen LogP contribution >= 0.6 is 11.3 Å². The highest BCUT2D eigenvalue weighted by molar-refractivity contribution is 7.27. The van der Waals surface area contributed by atoms with Crippen molar-refractivity contribution in [3.05, 3.63) is 163 Å². The molecule has 0 atom stereocenters. The Kier molecular flexibility index (Phi) is 5.99. The van der Waals surface area contributed by atoms with Gasteiger partial charge in [0.2, 0.25) is 0 Å². The number of benzene rings is 9. The summed E-state index contributed by atoms with van der Waals surface area (Å²) in [5.74, 6) is 0. The Morgan fingerprint density at radius 2 is 0.941 bits per heavy atom. The molecule has 0 saturated heterocycles. The van der Waals surface area contributed by atoms with E-state index < -0.39 is 0 Å². The largest absolute Gasteiger partial charge is 0.455 e. The van der Waals surface area contributed by atoms with Gasteiger partial charge in [-0.2, -0.15) is 0 Å². The van der Waals surface area contributed by atoms with Crippen LogP contribution in [0.15, 0.2) is 156 Å². The van der Waals surface area contributed by atoms with Crippen LogP contribution in [0.4, 0.5) is 17.1 Å². The van der Waals surface area contributed by atoms with Crippen LogP contribution in [0, 0.1) is 13.8 Å². The van der Waals surface area contributed by atoms with E-state index in [4.69, 9.17) is 4.42 Å². The van der Waals surface area contributed by atoms with Gasteiger partial charge in [-0.1, -0.05) is 97.1 Å². The lowest BCUT2D eigenvalue weighted by Gasteiger charge is -2.26. The highest BCUT2D eigenvalue weighted by atomic mass is 32.1. The minimum Gasteiger partial charge on any atom is -0.455 e. The molecule has 0 aliphatic carbocycles. The maximum Gasteiger partial charge on any atom is 0.144 e. The van der Waals surface area contributed by atoms with Gasteiger partial charge >= 0.3 is 0 Å². The monoisotopic (exact) mass is 669 g/mol. The number of anilines is 3. The van der Waals surface area contributed by atoms with Crippen molar-refractivity contribution in [1.82, 2.24) is 0 Å². The molecule has 3 heteroatoms. The maximum absolute atomic E-state index is 6.92. The minimum absolute atomic E-state index is 0.899. The third-order valence-electron chi connectivity index (χ3n) is 10.7. The predicted octanol–water partition coefficient (Wildman–Crippen LogP) is 14.7. The Balaban J connectivity index is 1.25. The van der Waals surface area contributed by atoms with E-state index in [1.807, 2.05) is 11.3 Å². The Morgan fingerprint density at radius 3 is 1.57 bits per heavy atom. The van der Waals surface area contributed by atoms with E-state index in [0.717, 1.165) is 39.0 Å². The summed E-state index contributed by atoms with van der Waals surface area (Å²) in [6.07, 6.45) is 0. The predicted molar refractivity (Wildman–Crippen MR) is 221 cm³/mol. The number of furan rings is 1. The first-order valence-electron chi connectivity index (χ1n) is 17.5. The molecule has 0 saturated carbocycles. The lowest BCUT2D eigenvalue weighted by molar-refractivity contribution is 0.673. The maximum atomic E-state index is 6.92. The van der Waals surface area contributed by atoms with Gasteiger partial charge in [0.1, 0.15) is 11.2 Å². The minimum atomic E-state index is 0.899. The summed E-state index contributed by atoms with van der Waals surface area (Å²) in [5.41, 5.74) is 7.69. The fraction of sp³-hybridized carbons (Fsp3) is 0.0417. The van der Waals surface area contributed by atoms with Crippen molar-refractivity contribution in [3.63, 3.8) is 0 Å². The summed E-state index contributed by atoms with van der Waals surface area (Å²) >= 11 is 1.89. The Hall–Kier alpha value is -6.16. The topological polar surface area (TPSA) is 16.4 Å². The van der Waals surface area contributed by atoms with Gasteiger partial charge < -0.3 is 9.32 Å². The molecule has 240 valence electrons. The molecule has 11 rings (SSSR count). The average Bonchev–Trinajstić information content (AvgIpc) is 3.74. The molecule has 0 unspecified atom stereocenters. The molecular formula is C48H31NOS. The van der Waals surface area contributed by atoms with E-state index >= 15 is 0 Å². The molecule has 0 spiro atoms. The summed E-state index contributed by atoms with van der Waals surface area (Å²) < 4.78 is 9.49. The van der Waals surface area contributed by atoms with Crippen LogP contribution < -0.4 is 4.90 Å². The fourth-order valence-corrected chi connectivity index (χ4v) is 9.82. The van der Waals surface area contributed by atoms with Gasteiger partial charge in [-0.25, -0.2) is 0 Å². The van der Waals surface area contributed by atoms with Crippen LogP contribution in [0.5, 0.6) is 0 Å². The van der Waals surface area contributed by atoms with E-state index in [2.05, 4.69) is 170 Å². The molecule has 0 aliphatic rings. The molecule has 0 aliphatic heterocycles. The standard InChI is InChI=1S/C48H31NOS/c1-28-11-9-13-30(25-28)49(31-14-10-12-29(2)26-31)32-21-23-41-40(27-32)39-22-24-42-46(47(39)50-41)45-38-20-8-7-19-37(38)43-35-17-5-3-15-33(35)34-16-4-6-18-36(34)44(43)48(45)51-42/h3-27H,1-2H3. The van der Waals surface area contributed by atoms with Gasteiger partial charge in [-0.3, -0.25) is 0 Å². The van der Waals surface area contributed by atoms with Crippen LogP contribution in [-0.4, -0.2) is 0 Å². The van der Waals surface area contributed by atoms with E-state index in [9.17, 15) is 0 Å². The molecule has 0 amide bonds. The number of hydrogen-bond donors (Lipinski definition) is 0. The lowest BCUT2D eigenvalue weighted by atomic mass is 9.89. The summed E-state index contributed by atoms with van der Waals surface area (Å²) in [6, 6.07) is 55.5. The van der Waals surface area contributed by atoms with Gasteiger partial charge in [-0.15, -0.1) is 11.3 Å². The molecule has 51 heavy (non-hydrogen) atoms. The number of fused-ring (bicyclic) bond motifs is 17. The van der Waals surface area contributed by atoms with E-state index in [0.29, 0.717) is 0 Å².